The van der Waals surface area contributed by atoms with Gasteiger partial charge in [-0.3, -0.25) is 0 Å². The molecule has 5 nitrogen and oxygen atoms in total. The van der Waals surface area contributed by atoms with Crippen molar-refractivity contribution in [2.24, 2.45) is 10.7 Å². The lowest BCUT2D eigenvalue weighted by Gasteiger charge is -2.10. The van der Waals surface area contributed by atoms with Gasteiger partial charge in [0.2, 0.25) is 0 Å². The number of benzene rings is 1. The lowest BCUT2D eigenvalue weighted by atomic mass is 10.3. The van der Waals surface area contributed by atoms with Crippen LogP contribution in [-0.4, -0.2) is 17.3 Å². The number of nitrogens with one attached hydrogen (secondary N) is 1. The largest absolute Gasteiger partial charge is 0.573 e. The summed E-state index contributed by atoms with van der Waals surface area (Å²) in [7, 11) is 0. The summed E-state index contributed by atoms with van der Waals surface area (Å²) in [6, 6.07) is 5.22. The van der Waals surface area contributed by atoms with Crippen molar-refractivity contribution >= 4 is 47.0 Å². The molecule has 0 radical (unpaired) electrons. The molecule has 0 aliphatic carbocycles. The summed E-state index contributed by atoms with van der Waals surface area (Å²) in [5.41, 5.74) is 6.25. The van der Waals surface area contributed by atoms with Crippen molar-refractivity contribution in [1.82, 2.24) is 4.98 Å². The molecule has 2 rings (SSSR count). The second-order valence-electron chi connectivity index (χ2n) is 4.47. The first-order chi connectivity index (χ1) is 10.9. The average Bonchev–Trinajstić information content (AvgIpc) is 2.94. The zero-order chi connectivity index (χ0) is 16.9. The first-order valence-corrected chi connectivity index (χ1v) is 7.53. The summed E-state index contributed by atoms with van der Waals surface area (Å²) in [5.74, 6) is -0.142. The molecule has 2 aromatic rings. The van der Waals surface area contributed by atoms with Gasteiger partial charge < -0.3 is 15.8 Å². The third-order valence-corrected chi connectivity index (χ3v) is 3.82. The number of aromatic nitrogens is 1. The van der Waals surface area contributed by atoms with Gasteiger partial charge in [-0.05, 0) is 30.7 Å². The second-order valence-corrected chi connectivity index (χ2v) is 5.67. The van der Waals surface area contributed by atoms with E-state index in [9.17, 15) is 13.2 Å². The number of alkyl halides is 3. The van der Waals surface area contributed by atoms with Gasteiger partial charge in [0.15, 0.2) is 5.96 Å². The highest BCUT2D eigenvalue weighted by atomic mass is 127. The van der Waals surface area contributed by atoms with Gasteiger partial charge in [-0.1, -0.05) is 6.92 Å². The quantitative estimate of drug-likeness (QED) is 0.390. The van der Waals surface area contributed by atoms with Crippen molar-refractivity contribution in [3.8, 4) is 5.75 Å². The topological polar surface area (TPSA) is 72.5 Å². The van der Waals surface area contributed by atoms with Gasteiger partial charge in [0, 0.05) is 16.8 Å². The van der Waals surface area contributed by atoms with Gasteiger partial charge in [-0.2, -0.15) is 0 Å². The van der Waals surface area contributed by atoms with Crippen molar-refractivity contribution in [3.63, 3.8) is 0 Å². The van der Waals surface area contributed by atoms with Crippen LogP contribution in [-0.2, 0) is 13.0 Å². The first kappa shape index (κ1) is 20.5. The number of thiazole rings is 1. The standard InChI is InChI=1S/C14H15F3N4OS.HI/c1-2-11-7-19-12(23-11)8-20-13(18)21-9-3-5-10(6-4-9)22-14(15,16)17;/h3-7H,2,8H2,1H3,(H3,18,20,21);1H. The Labute approximate surface area is 158 Å². The fourth-order valence-electron chi connectivity index (χ4n) is 1.66. The SMILES string of the molecule is CCc1cnc(CN=C(N)Nc2ccc(OC(F)(F)F)cc2)s1.I. The number of guanidine groups is 1. The minimum absolute atomic E-state index is 0. The van der Waals surface area contributed by atoms with E-state index in [0.717, 1.165) is 11.4 Å². The molecule has 3 N–H and O–H groups in total. The van der Waals surface area contributed by atoms with Gasteiger partial charge in [0.1, 0.15) is 10.8 Å². The van der Waals surface area contributed by atoms with Crippen LogP contribution < -0.4 is 15.8 Å². The third kappa shape index (κ3) is 6.91. The van der Waals surface area contributed by atoms with Crippen LogP contribution in [0.1, 0.15) is 16.8 Å². The number of hydrogen-bond acceptors (Lipinski definition) is 4. The van der Waals surface area contributed by atoms with E-state index in [4.69, 9.17) is 5.73 Å². The summed E-state index contributed by atoms with van der Waals surface area (Å²) in [4.78, 5) is 9.52. The number of nitrogens with zero attached hydrogens (tertiary/aromatic N) is 2. The van der Waals surface area contributed by atoms with Gasteiger partial charge >= 0.3 is 6.36 Å². The molecule has 132 valence electrons. The number of hydrogen-bond donors (Lipinski definition) is 2. The Morgan fingerprint density at radius 2 is 2.00 bits per heavy atom. The van der Waals surface area contributed by atoms with E-state index in [1.807, 2.05) is 6.92 Å². The third-order valence-electron chi connectivity index (χ3n) is 2.69. The van der Waals surface area contributed by atoms with Gasteiger partial charge in [-0.25, -0.2) is 9.98 Å². The van der Waals surface area contributed by atoms with E-state index in [-0.39, 0.29) is 35.7 Å². The number of ether oxygens (including phenoxy) is 1. The lowest BCUT2D eigenvalue weighted by molar-refractivity contribution is -0.274. The van der Waals surface area contributed by atoms with Gasteiger partial charge in [0.25, 0.3) is 0 Å². The molecule has 0 amide bonds. The fraction of sp³-hybridized carbons (Fsp3) is 0.286. The van der Waals surface area contributed by atoms with Crippen LogP contribution in [0.15, 0.2) is 35.5 Å². The minimum atomic E-state index is -4.71. The zero-order valence-electron chi connectivity index (χ0n) is 12.6. The molecular formula is C14H16F3IN4OS. The molecule has 0 saturated carbocycles. The van der Waals surface area contributed by atoms with E-state index < -0.39 is 6.36 Å². The summed E-state index contributed by atoms with van der Waals surface area (Å²) in [5, 5.41) is 3.64. The number of anilines is 1. The molecule has 0 aliphatic rings. The molecule has 0 bridgehead atoms. The summed E-state index contributed by atoms with van der Waals surface area (Å²) in [6.07, 6.45) is -1.99. The van der Waals surface area contributed by atoms with Gasteiger partial charge in [-0.15, -0.1) is 48.5 Å². The van der Waals surface area contributed by atoms with Crippen molar-refractivity contribution in [1.29, 1.82) is 0 Å². The Bertz CT molecular complexity index is 673. The van der Waals surface area contributed by atoms with Crippen LogP contribution in [0.3, 0.4) is 0 Å². The smallest absolute Gasteiger partial charge is 0.406 e. The fourth-order valence-corrected chi connectivity index (χ4v) is 2.45. The Kier molecular flexibility index (Phi) is 7.73. The number of nitrogens with two attached hydrogens (primary N) is 1. The molecule has 0 atom stereocenters. The zero-order valence-corrected chi connectivity index (χ0v) is 15.8. The van der Waals surface area contributed by atoms with Crippen molar-refractivity contribution in [2.45, 2.75) is 26.3 Å². The molecule has 0 fully saturated rings. The Balaban J connectivity index is 0.00000288. The van der Waals surface area contributed by atoms with E-state index in [1.165, 1.54) is 29.1 Å². The summed E-state index contributed by atoms with van der Waals surface area (Å²) in [6.45, 7) is 2.39. The Morgan fingerprint density at radius 3 is 2.54 bits per heavy atom. The van der Waals surface area contributed by atoms with E-state index >= 15 is 0 Å². The van der Waals surface area contributed by atoms with Crippen LogP contribution >= 0.6 is 35.3 Å². The molecule has 0 unspecified atom stereocenters. The van der Waals surface area contributed by atoms with E-state index in [2.05, 4.69) is 20.0 Å². The van der Waals surface area contributed by atoms with Crippen LogP contribution in [0, 0.1) is 0 Å². The van der Waals surface area contributed by atoms with Crippen LogP contribution in [0.4, 0.5) is 18.9 Å². The van der Waals surface area contributed by atoms with Crippen LogP contribution in [0.2, 0.25) is 0 Å². The lowest BCUT2D eigenvalue weighted by Crippen LogP contribution is -2.22. The minimum Gasteiger partial charge on any atom is -0.406 e. The first-order valence-electron chi connectivity index (χ1n) is 6.72. The highest BCUT2D eigenvalue weighted by Gasteiger charge is 2.30. The highest BCUT2D eigenvalue weighted by molar-refractivity contribution is 14.0. The highest BCUT2D eigenvalue weighted by Crippen LogP contribution is 2.23. The van der Waals surface area contributed by atoms with Crippen LogP contribution in [0.5, 0.6) is 5.75 Å². The number of rotatable bonds is 5. The molecule has 24 heavy (non-hydrogen) atoms. The number of halogens is 4. The molecular weight excluding hydrogens is 456 g/mol. The predicted molar refractivity (Wildman–Crippen MR) is 99.0 cm³/mol. The maximum Gasteiger partial charge on any atom is 0.573 e. The van der Waals surface area contributed by atoms with E-state index in [1.54, 1.807) is 17.5 Å². The van der Waals surface area contributed by atoms with E-state index in [0.29, 0.717) is 12.2 Å². The molecule has 1 aromatic carbocycles. The molecule has 10 heteroatoms. The summed E-state index contributed by atoms with van der Waals surface area (Å²) < 4.78 is 40.0. The van der Waals surface area contributed by atoms with Crippen molar-refractivity contribution in [3.05, 3.63) is 40.3 Å². The maximum absolute atomic E-state index is 12.1. The Hall–Kier alpha value is -1.56. The second kappa shape index (κ2) is 9.06. The number of aryl methyl sites for hydroxylation is 1. The Morgan fingerprint density at radius 1 is 1.33 bits per heavy atom. The molecule has 1 aromatic heterocycles. The van der Waals surface area contributed by atoms with Crippen LogP contribution in [0.25, 0.3) is 0 Å². The van der Waals surface area contributed by atoms with Gasteiger partial charge in [0.05, 0.1) is 6.54 Å². The predicted octanol–water partition coefficient (Wildman–Crippen LogP) is 4.15. The normalized spacial score (nSPS) is 11.8. The average molecular weight is 472 g/mol. The molecule has 0 aliphatic heterocycles. The maximum atomic E-state index is 12.1. The molecule has 0 saturated heterocycles. The monoisotopic (exact) mass is 472 g/mol. The molecule has 0 spiro atoms. The number of aliphatic imine (C=N–C) groups is 1. The van der Waals surface area contributed by atoms with Crippen molar-refractivity contribution < 1.29 is 17.9 Å². The summed E-state index contributed by atoms with van der Waals surface area (Å²) >= 11 is 1.56. The molecule has 1 heterocycles. The van der Waals surface area contributed by atoms with Crippen molar-refractivity contribution in [2.75, 3.05) is 5.32 Å².